The lowest BCUT2D eigenvalue weighted by Crippen LogP contribution is -2.36. The number of morpholine rings is 1. The Morgan fingerprint density at radius 1 is 1.00 bits per heavy atom. The molecule has 1 aliphatic rings. The highest BCUT2D eigenvalue weighted by Crippen LogP contribution is 2.20. The number of carbonyl (C=O) groups is 1. The van der Waals surface area contributed by atoms with E-state index in [0.29, 0.717) is 6.42 Å². The third-order valence-electron chi connectivity index (χ3n) is 4.41. The van der Waals surface area contributed by atoms with Gasteiger partial charge < -0.3 is 10.1 Å². The molecule has 0 radical (unpaired) electrons. The van der Waals surface area contributed by atoms with Gasteiger partial charge in [-0.05, 0) is 54.8 Å². The predicted molar refractivity (Wildman–Crippen MR) is 99.4 cm³/mol. The number of anilines is 1. The number of unbranched alkanes of at least 4 members (excludes halogenated alkanes) is 1. The molecule has 5 heteroatoms. The van der Waals surface area contributed by atoms with E-state index in [1.165, 1.54) is 0 Å². The second-order valence-corrected chi connectivity index (χ2v) is 6.27. The van der Waals surface area contributed by atoms with E-state index in [2.05, 4.69) is 15.2 Å². The number of hydrogen-bond donors (Lipinski definition) is 1. The van der Waals surface area contributed by atoms with Crippen LogP contribution in [-0.4, -0.2) is 48.6 Å². The van der Waals surface area contributed by atoms with Crippen molar-refractivity contribution >= 4 is 11.6 Å². The topological polar surface area (TPSA) is 54.5 Å². The molecule has 1 N–H and O–H groups in total. The van der Waals surface area contributed by atoms with E-state index < -0.39 is 0 Å². The number of nitrogens with zero attached hydrogens (tertiary/aromatic N) is 2. The van der Waals surface area contributed by atoms with Crippen LogP contribution in [0.5, 0.6) is 0 Å². The summed E-state index contributed by atoms with van der Waals surface area (Å²) in [5, 5.41) is 2.97. The van der Waals surface area contributed by atoms with Crippen LogP contribution in [0.15, 0.2) is 48.8 Å². The molecule has 1 aliphatic heterocycles. The lowest BCUT2D eigenvalue weighted by atomic mass is 10.1. The van der Waals surface area contributed by atoms with Crippen molar-refractivity contribution in [2.24, 2.45) is 0 Å². The Morgan fingerprint density at radius 3 is 2.40 bits per heavy atom. The van der Waals surface area contributed by atoms with Crippen LogP contribution < -0.4 is 5.32 Å². The van der Waals surface area contributed by atoms with Crippen molar-refractivity contribution in [3.8, 4) is 11.1 Å². The molecule has 0 spiro atoms. The molecule has 0 atom stereocenters. The van der Waals surface area contributed by atoms with Crippen LogP contribution in [-0.2, 0) is 9.53 Å². The number of rotatable bonds is 7. The number of amides is 1. The fraction of sp³-hybridized carbons (Fsp3) is 0.400. The molecule has 5 nitrogen and oxygen atoms in total. The zero-order chi connectivity index (χ0) is 17.3. The van der Waals surface area contributed by atoms with Crippen LogP contribution in [0.2, 0.25) is 0 Å². The van der Waals surface area contributed by atoms with Crippen molar-refractivity contribution in [3.05, 3.63) is 48.8 Å². The van der Waals surface area contributed by atoms with Crippen LogP contribution in [0.3, 0.4) is 0 Å². The molecule has 1 fully saturated rings. The van der Waals surface area contributed by atoms with Crippen molar-refractivity contribution in [1.29, 1.82) is 0 Å². The molecule has 0 aliphatic carbocycles. The van der Waals surface area contributed by atoms with Gasteiger partial charge in [-0.25, -0.2) is 0 Å². The van der Waals surface area contributed by atoms with E-state index in [4.69, 9.17) is 4.74 Å². The summed E-state index contributed by atoms with van der Waals surface area (Å²) in [6.07, 6.45) is 6.09. The first kappa shape index (κ1) is 17.6. The maximum absolute atomic E-state index is 12.1. The maximum atomic E-state index is 12.1. The molecule has 1 aromatic heterocycles. The fourth-order valence-corrected chi connectivity index (χ4v) is 2.96. The predicted octanol–water partition coefficient (Wildman–Crippen LogP) is 3.19. The van der Waals surface area contributed by atoms with Crippen LogP contribution in [0.1, 0.15) is 19.3 Å². The lowest BCUT2D eigenvalue weighted by Gasteiger charge is -2.26. The van der Waals surface area contributed by atoms with E-state index in [9.17, 15) is 4.79 Å². The molecular weight excluding hydrogens is 314 g/mol. The highest BCUT2D eigenvalue weighted by molar-refractivity contribution is 5.90. The van der Waals surface area contributed by atoms with Crippen molar-refractivity contribution in [3.63, 3.8) is 0 Å². The Hall–Kier alpha value is -2.24. The Labute approximate surface area is 149 Å². The quantitative estimate of drug-likeness (QED) is 0.787. The minimum Gasteiger partial charge on any atom is -0.379 e. The summed E-state index contributed by atoms with van der Waals surface area (Å²) in [7, 11) is 0. The summed E-state index contributed by atoms with van der Waals surface area (Å²) >= 11 is 0. The first-order chi connectivity index (χ1) is 12.3. The SMILES string of the molecule is O=C(CCCCN1CCOCC1)Nc1ccc(-c2ccncc2)cc1. The Bertz CT molecular complexity index is 652. The number of benzene rings is 1. The molecule has 2 heterocycles. The van der Waals surface area contributed by atoms with Gasteiger partial charge in [-0.1, -0.05) is 12.1 Å². The number of carbonyl (C=O) groups excluding carboxylic acids is 1. The number of ether oxygens (including phenoxy) is 1. The van der Waals surface area contributed by atoms with Crippen molar-refractivity contribution < 1.29 is 9.53 Å². The van der Waals surface area contributed by atoms with Crippen LogP contribution in [0, 0.1) is 0 Å². The van der Waals surface area contributed by atoms with Gasteiger partial charge in [-0.2, -0.15) is 0 Å². The maximum Gasteiger partial charge on any atom is 0.224 e. The van der Waals surface area contributed by atoms with Crippen LogP contribution in [0.25, 0.3) is 11.1 Å². The summed E-state index contributed by atoms with van der Waals surface area (Å²) in [5.74, 6) is 0.0821. The fourth-order valence-electron chi connectivity index (χ4n) is 2.96. The lowest BCUT2D eigenvalue weighted by molar-refractivity contribution is -0.116. The average molecular weight is 339 g/mol. The molecule has 3 rings (SSSR count). The molecule has 25 heavy (non-hydrogen) atoms. The molecule has 1 aromatic carbocycles. The van der Waals surface area contributed by atoms with Gasteiger partial charge in [0.1, 0.15) is 0 Å². The van der Waals surface area contributed by atoms with Crippen molar-refractivity contribution in [2.75, 3.05) is 38.2 Å². The number of aromatic nitrogens is 1. The minimum absolute atomic E-state index is 0.0821. The molecular formula is C20H25N3O2. The Kier molecular flexibility index (Phi) is 6.54. The van der Waals surface area contributed by atoms with Crippen molar-refractivity contribution in [2.45, 2.75) is 19.3 Å². The second-order valence-electron chi connectivity index (χ2n) is 6.27. The highest BCUT2D eigenvalue weighted by atomic mass is 16.5. The van der Waals surface area contributed by atoms with E-state index in [1.807, 2.05) is 36.4 Å². The summed E-state index contributed by atoms with van der Waals surface area (Å²) in [6.45, 7) is 4.73. The van der Waals surface area contributed by atoms with E-state index in [1.54, 1.807) is 12.4 Å². The minimum atomic E-state index is 0.0821. The van der Waals surface area contributed by atoms with Crippen LogP contribution in [0.4, 0.5) is 5.69 Å². The Morgan fingerprint density at radius 2 is 1.68 bits per heavy atom. The molecule has 1 amide bonds. The largest absolute Gasteiger partial charge is 0.379 e. The molecule has 0 saturated carbocycles. The third-order valence-corrected chi connectivity index (χ3v) is 4.41. The smallest absolute Gasteiger partial charge is 0.224 e. The second kappa shape index (κ2) is 9.30. The summed E-state index contributed by atoms with van der Waals surface area (Å²) in [5.41, 5.74) is 3.08. The van der Waals surface area contributed by atoms with Crippen LogP contribution >= 0.6 is 0 Å². The monoisotopic (exact) mass is 339 g/mol. The Balaban J connectivity index is 1.39. The zero-order valence-corrected chi connectivity index (χ0v) is 14.5. The van der Waals surface area contributed by atoms with Gasteiger partial charge in [-0.15, -0.1) is 0 Å². The van der Waals surface area contributed by atoms with Gasteiger partial charge in [0.15, 0.2) is 0 Å². The summed E-state index contributed by atoms with van der Waals surface area (Å²) in [4.78, 5) is 18.5. The van der Waals surface area contributed by atoms with E-state index >= 15 is 0 Å². The number of hydrogen-bond acceptors (Lipinski definition) is 4. The number of nitrogens with one attached hydrogen (secondary N) is 1. The van der Waals surface area contributed by atoms with Gasteiger partial charge in [0.2, 0.25) is 5.91 Å². The normalized spacial score (nSPS) is 15.0. The van der Waals surface area contributed by atoms with Gasteiger partial charge >= 0.3 is 0 Å². The van der Waals surface area contributed by atoms with Gasteiger partial charge in [0.05, 0.1) is 13.2 Å². The van der Waals surface area contributed by atoms with Gasteiger partial charge in [0, 0.05) is 37.6 Å². The van der Waals surface area contributed by atoms with Crippen molar-refractivity contribution in [1.82, 2.24) is 9.88 Å². The standard InChI is InChI=1S/C20H25N3O2/c24-20(3-1-2-12-23-13-15-25-16-14-23)22-19-6-4-17(5-7-19)18-8-10-21-11-9-18/h4-11H,1-3,12-16H2,(H,22,24). The third kappa shape index (κ3) is 5.66. The highest BCUT2D eigenvalue weighted by Gasteiger charge is 2.10. The first-order valence-corrected chi connectivity index (χ1v) is 8.92. The van der Waals surface area contributed by atoms with E-state index in [-0.39, 0.29) is 5.91 Å². The molecule has 132 valence electrons. The molecule has 1 saturated heterocycles. The molecule has 0 bridgehead atoms. The first-order valence-electron chi connectivity index (χ1n) is 8.92. The molecule has 0 unspecified atom stereocenters. The number of pyridine rings is 1. The summed E-state index contributed by atoms with van der Waals surface area (Å²) in [6, 6.07) is 11.9. The van der Waals surface area contributed by atoms with Gasteiger partial charge in [0.25, 0.3) is 0 Å². The average Bonchev–Trinajstić information content (AvgIpc) is 2.67. The summed E-state index contributed by atoms with van der Waals surface area (Å²) < 4.78 is 5.34. The van der Waals surface area contributed by atoms with Gasteiger partial charge in [-0.3, -0.25) is 14.7 Å². The zero-order valence-electron chi connectivity index (χ0n) is 14.5. The molecule has 2 aromatic rings. The van der Waals surface area contributed by atoms with E-state index in [0.717, 1.165) is 62.5 Å².